The summed E-state index contributed by atoms with van der Waals surface area (Å²) in [5.74, 6) is -0.241. The Balaban J connectivity index is 2.20. The molecular formula is C16H25N3O3S. The monoisotopic (exact) mass is 339 g/mol. The molecule has 1 atom stereocenters. The van der Waals surface area contributed by atoms with Gasteiger partial charge in [0.05, 0.1) is 4.90 Å². The second kappa shape index (κ2) is 7.42. The number of nitrogens with one attached hydrogen (secondary N) is 1. The van der Waals surface area contributed by atoms with Crippen LogP contribution in [0.1, 0.15) is 30.6 Å². The van der Waals surface area contributed by atoms with Gasteiger partial charge in [-0.25, -0.2) is 8.42 Å². The van der Waals surface area contributed by atoms with Gasteiger partial charge in [-0.15, -0.1) is 0 Å². The van der Waals surface area contributed by atoms with Crippen LogP contribution in [0.4, 0.5) is 0 Å². The van der Waals surface area contributed by atoms with Crippen molar-refractivity contribution in [2.24, 2.45) is 0 Å². The van der Waals surface area contributed by atoms with E-state index in [4.69, 9.17) is 0 Å². The standard InChI is InChI=1S/C16H25N3O3S/c1-4-13(2)17-16(20)14-6-5-7-15(12-14)23(21,22)19-10-8-18(3)9-11-19/h5-7,12-13H,4,8-11H2,1-3H3,(H,17,20). The third-order valence-corrected chi connectivity index (χ3v) is 6.08. The van der Waals surface area contributed by atoms with E-state index in [0.717, 1.165) is 6.42 Å². The molecule has 1 fully saturated rings. The van der Waals surface area contributed by atoms with Crippen molar-refractivity contribution in [3.63, 3.8) is 0 Å². The Kier molecular flexibility index (Phi) is 5.78. The maximum Gasteiger partial charge on any atom is 0.251 e. The minimum absolute atomic E-state index is 0.0559. The van der Waals surface area contributed by atoms with Gasteiger partial charge >= 0.3 is 0 Å². The maximum atomic E-state index is 12.7. The molecule has 6 nitrogen and oxygen atoms in total. The number of rotatable bonds is 5. The molecule has 1 amide bonds. The van der Waals surface area contributed by atoms with Gasteiger partial charge in [0.25, 0.3) is 5.91 Å². The summed E-state index contributed by atoms with van der Waals surface area (Å²) in [5.41, 5.74) is 0.375. The molecule has 0 saturated carbocycles. The highest BCUT2D eigenvalue weighted by Gasteiger charge is 2.27. The molecule has 1 aromatic rings. The summed E-state index contributed by atoms with van der Waals surface area (Å²) in [7, 11) is -1.57. The van der Waals surface area contributed by atoms with Gasteiger partial charge in [0.1, 0.15) is 0 Å². The number of amides is 1. The normalized spacial score (nSPS) is 18.6. The van der Waals surface area contributed by atoms with E-state index >= 15 is 0 Å². The smallest absolute Gasteiger partial charge is 0.251 e. The zero-order chi connectivity index (χ0) is 17.0. The Morgan fingerprint density at radius 3 is 2.52 bits per heavy atom. The van der Waals surface area contributed by atoms with Gasteiger partial charge in [0, 0.05) is 37.8 Å². The predicted molar refractivity (Wildman–Crippen MR) is 89.9 cm³/mol. The Hall–Kier alpha value is -1.44. The summed E-state index contributed by atoms with van der Waals surface area (Å²) in [6, 6.07) is 6.33. The predicted octanol–water partition coefficient (Wildman–Crippen LogP) is 1.15. The molecule has 1 N–H and O–H groups in total. The molecule has 1 aromatic carbocycles. The summed E-state index contributed by atoms with van der Waals surface area (Å²) >= 11 is 0. The van der Waals surface area contributed by atoms with Crippen LogP contribution in [0.3, 0.4) is 0 Å². The number of carbonyl (C=O) groups is 1. The highest BCUT2D eigenvalue weighted by molar-refractivity contribution is 7.89. The lowest BCUT2D eigenvalue weighted by Crippen LogP contribution is -2.47. The number of hydrogen-bond donors (Lipinski definition) is 1. The molecule has 128 valence electrons. The molecule has 0 aliphatic carbocycles. The second-order valence-electron chi connectivity index (χ2n) is 6.02. The number of likely N-dealkylation sites (N-methyl/N-ethyl adjacent to an activating group) is 1. The van der Waals surface area contributed by atoms with E-state index in [2.05, 4.69) is 10.2 Å². The van der Waals surface area contributed by atoms with Crippen LogP contribution >= 0.6 is 0 Å². The first-order chi connectivity index (χ1) is 10.8. The summed E-state index contributed by atoms with van der Waals surface area (Å²) < 4.78 is 26.9. The first-order valence-corrected chi connectivity index (χ1v) is 9.38. The number of carbonyl (C=O) groups excluding carboxylic acids is 1. The molecule has 1 aliphatic heterocycles. The summed E-state index contributed by atoms with van der Waals surface area (Å²) in [4.78, 5) is 14.5. The van der Waals surface area contributed by atoms with Crippen molar-refractivity contribution >= 4 is 15.9 Å². The highest BCUT2D eigenvalue weighted by atomic mass is 32.2. The third-order valence-electron chi connectivity index (χ3n) is 4.19. The zero-order valence-corrected chi connectivity index (χ0v) is 14.8. The van der Waals surface area contributed by atoms with Crippen molar-refractivity contribution in [2.75, 3.05) is 33.2 Å². The summed E-state index contributed by atoms with van der Waals surface area (Å²) in [6.45, 7) is 6.28. The number of sulfonamides is 1. The molecule has 1 heterocycles. The van der Waals surface area contributed by atoms with E-state index in [-0.39, 0.29) is 16.8 Å². The molecule has 0 radical (unpaired) electrons. The minimum Gasteiger partial charge on any atom is -0.350 e. The van der Waals surface area contributed by atoms with Crippen LogP contribution in [0.2, 0.25) is 0 Å². The third kappa shape index (κ3) is 4.31. The van der Waals surface area contributed by atoms with Gasteiger partial charge in [-0.05, 0) is 38.6 Å². The lowest BCUT2D eigenvalue weighted by molar-refractivity contribution is 0.0939. The largest absolute Gasteiger partial charge is 0.350 e. The number of hydrogen-bond acceptors (Lipinski definition) is 4. The van der Waals surface area contributed by atoms with E-state index in [1.807, 2.05) is 20.9 Å². The quantitative estimate of drug-likeness (QED) is 0.874. The van der Waals surface area contributed by atoms with Gasteiger partial charge in [0.2, 0.25) is 10.0 Å². The Morgan fingerprint density at radius 2 is 1.91 bits per heavy atom. The van der Waals surface area contributed by atoms with Crippen LogP contribution < -0.4 is 5.32 Å². The van der Waals surface area contributed by atoms with E-state index in [0.29, 0.717) is 31.7 Å². The van der Waals surface area contributed by atoms with Crippen LogP contribution in [-0.4, -0.2) is 62.8 Å². The van der Waals surface area contributed by atoms with E-state index in [1.165, 1.54) is 10.4 Å². The first kappa shape index (κ1) is 17.9. The van der Waals surface area contributed by atoms with Crippen molar-refractivity contribution in [3.8, 4) is 0 Å². The van der Waals surface area contributed by atoms with E-state index < -0.39 is 10.0 Å². The number of piperazine rings is 1. The molecule has 0 aromatic heterocycles. The first-order valence-electron chi connectivity index (χ1n) is 7.94. The summed E-state index contributed by atoms with van der Waals surface area (Å²) in [5, 5.41) is 2.86. The van der Waals surface area contributed by atoms with Gasteiger partial charge in [0.15, 0.2) is 0 Å². The Bertz CT molecular complexity index is 652. The average molecular weight is 339 g/mol. The molecule has 1 unspecified atom stereocenters. The fourth-order valence-electron chi connectivity index (χ4n) is 2.38. The molecule has 1 saturated heterocycles. The SMILES string of the molecule is CCC(C)NC(=O)c1cccc(S(=O)(=O)N2CCN(C)CC2)c1. The average Bonchev–Trinajstić information content (AvgIpc) is 2.55. The summed E-state index contributed by atoms with van der Waals surface area (Å²) in [6.07, 6.45) is 0.824. The van der Waals surface area contributed by atoms with Gasteiger partial charge in [-0.1, -0.05) is 13.0 Å². The lowest BCUT2D eigenvalue weighted by Gasteiger charge is -2.31. The van der Waals surface area contributed by atoms with E-state index in [1.54, 1.807) is 18.2 Å². The van der Waals surface area contributed by atoms with Crippen LogP contribution in [0.15, 0.2) is 29.2 Å². The maximum absolute atomic E-state index is 12.7. The molecular weight excluding hydrogens is 314 g/mol. The fraction of sp³-hybridized carbons (Fsp3) is 0.562. The van der Waals surface area contributed by atoms with Crippen molar-refractivity contribution in [1.82, 2.24) is 14.5 Å². The molecule has 2 rings (SSSR count). The van der Waals surface area contributed by atoms with Crippen LogP contribution in [0.25, 0.3) is 0 Å². The topological polar surface area (TPSA) is 69.7 Å². The Labute approximate surface area is 138 Å². The van der Waals surface area contributed by atoms with Crippen molar-refractivity contribution in [1.29, 1.82) is 0 Å². The van der Waals surface area contributed by atoms with Gasteiger partial charge in [-0.2, -0.15) is 4.31 Å². The Morgan fingerprint density at radius 1 is 1.26 bits per heavy atom. The number of nitrogens with zero attached hydrogens (tertiary/aromatic N) is 2. The molecule has 0 spiro atoms. The molecule has 1 aliphatic rings. The van der Waals surface area contributed by atoms with Crippen molar-refractivity contribution < 1.29 is 13.2 Å². The highest BCUT2D eigenvalue weighted by Crippen LogP contribution is 2.18. The minimum atomic E-state index is -3.55. The molecule has 7 heteroatoms. The second-order valence-corrected chi connectivity index (χ2v) is 7.96. The molecule has 0 bridgehead atoms. The van der Waals surface area contributed by atoms with Gasteiger partial charge in [-0.3, -0.25) is 4.79 Å². The van der Waals surface area contributed by atoms with Gasteiger partial charge < -0.3 is 10.2 Å². The van der Waals surface area contributed by atoms with Crippen LogP contribution in [0, 0.1) is 0 Å². The zero-order valence-electron chi connectivity index (χ0n) is 13.9. The van der Waals surface area contributed by atoms with Crippen molar-refractivity contribution in [3.05, 3.63) is 29.8 Å². The molecule has 23 heavy (non-hydrogen) atoms. The van der Waals surface area contributed by atoms with E-state index in [9.17, 15) is 13.2 Å². The van der Waals surface area contributed by atoms with Crippen LogP contribution in [0.5, 0.6) is 0 Å². The lowest BCUT2D eigenvalue weighted by atomic mass is 10.2. The van der Waals surface area contributed by atoms with Crippen LogP contribution in [-0.2, 0) is 10.0 Å². The van der Waals surface area contributed by atoms with Crippen molar-refractivity contribution in [2.45, 2.75) is 31.2 Å². The fourth-order valence-corrected chi connectivity index (χ4v) is 3.85. The number of benzene rings is 1.